The van der Waals surface area contributed by atoms with E-state index in [1.807, 2.05) is 100 Å². The Balaban J connectivity index is 1.63. The zero-order valence-corrected chi connectivity index (χ0v) is 22.4. The van der Waals surface area contributed by atoms with E-state index in [4.69, 9.17) is 9.47 Å². The SMILES string of the molecule is CC(C)COC(=O)c1ccc(-c2ccccc2-c2ccccc2-c2ccc(C(=O)OCC(C)C)cc2)cc1. The number of rotatable bonds is 9. The summed E-state index contributed by atoms with van der Waals surface area (Å²) >= 11 is 0. The summed E-state index contributed by atoms with van der Waals surface area (Å²) in [5.74, 6) is -0.0269. The number of carbonyl (C=O) groups excluding carboxylic acids is 2. The second-order valence-electron chi connectivity index (χ2n) is 10.2. The summed E-state index contributed by atoms with van der Waals surface area (Å²) < 4.78 is 10.7. The van der Waals surface area contributed by atoms with Gasteiger partial charge in [-0.25, -0.2) is 9.59 Å². The Morgan fingerprint density at radius 2 is 0.816 bits per heavy atom. The highest BCUT2D eigenvalue weighted by Crippen LogP contribution is 2.38. The van der Waals surface area contributed by atoms with Crippen molar-refractivity contribution in [1.29, 1.82) is 0 Å². The second kappa shape index (κ2) is 12.4. The van der Waals surface area contributed by atoms with Crippen molar-refractivity contribution in [3.63, 3.8) is 0 Å². The van der Waals surface area contributed by atoms with Gasteiger partial charge in [0.15, 0.2) is 0 Å². The Labute approximate surface area is 225 Å². The van der Waals surface area contributed by atoms with Crippen LogP contribution < -0.4 is 0 Å². The van der Waals surface area contributed by atoms with Crippen molar-refractivity contribution in [3.05, 3.63) is 108 Å². The molecule has 38 heavy (non-hydrogen) atoms. The highest BCUT2D eigenvalue weighted by atomic mass is 16.5. The third-order valence-electron chi connectivity index (χ3n) is 6.10. The summed E-state index contributed by atoms with van der Waals surface area (Å²) in [5.41, 5.74) is 7.40. The van der Waals surface area contributed by atoms with Gasteiger partial charge in [0.2, 0.25) is 0 Å². The first-order valence-corrected chi connectivity index (χ1v) is 13.1. The van der Waals surface area contributed by atoms with Gasteiger partial charge < -0.3 is 9.47 Å². The van der Waals surface area contributed by atoms with Gasteiger partial charge in [-0.2, -0.15) is 0 Å². The predicted octanol–water partition coefficient (Wildman–Crippen LogP) is 8.31. The fraction of sp³-hybridized carbons (Fsp3) is 0.235. The van der Waals surface area contributed by atoms with E-state index in [1.54, 1.807) is 0 Å². The van der Waals surface area contributed by atoms with E-state index >= 15 is 0 Å². The Morgan fingerprint density at radius 1 is 0.500 bits per heavy atom. The van der Waals surface area contributed by atoms with Crippen molar-refractivity contribution in [2.75, 3.05) is 13.2 Å². The molecule has 0 N–H and O–H groups in total. The molecule has 0 spiro atoms. The van der Waals surface area contributed by atoms with Crippen molar-refractivity contribution in [2.24, 2.45) is 11.8 Å². The number of hydrogen-bond donors (Lipinski definition) is 0. The van der Waals surface area contributed by atoms with E-state index in [1.165, 1.54) is 0 Å². The van der Waals surface area contributed by atoms with Crippen LogP contribution in [0.2, 0.25) is 0 Å². The van der Waals surface area contributed by atoms with Gasteiger partial charge in [0.1, 0.15) is 0 Å². The van der Waals surface area contributed by atoms with Gasteiger partial charge in [-0.15, -0.1) is 0 Å². The molecule has 0 aromatic heterocycles. The van der Waals surface area contributed by atoms with Gasteiger partial charge in [0.25, 0.3) is 0 Å². The van der Waals surface area contributed by atoms with Crippen LogP contribution in [0.3, 0.4) is 0 Å². The lowest BCUT2D eigenvalue weighted by Gasteiger charge is -2.15. The molecule has 0 aliphatic heterocycles. The third kappa shape index (κ3) is 6.57. The minimum Gasteiger partial charge on any atom is -0.462 e. The van der Waals surface area contributed by atoms with E-state index in [9.17, 15) is 9.59 Å². The summed E-state index contributed by atoms with van der Waals surface area (Å²) in [6.07, 6.45) is 0. The first-order valence-electron chi connectivity index (χ1n) is 13.1. The van der Waals surface area contributed by atoms with Crippen molar-refractivity contribution in [1.82, 2.24) is 0 Å². The lowest BCUT2D eigenvalue weighted by molar-refractivity contribution is 0.0450. The van der Waals surface area contributed by atoms with Crippen molar-refractivity contribution < 1.29 is 19.1 Å². The molecule has 4 rings (SSSR count). The standard InChI is InChI=1S/C34H34O4/c1-23(2)21-37-33(35)27-17-13-25(14-18-27)29-9-5-7-11-31(29)32-12-8-6-10-30(32)26-15-19-28(20-16-26)34(36)38-22-24(3)4/h5-20,23-24H,21-22H2,1-4H3. The molecule has 0 amide bonds. The highest BCUT2D eigenvalue weighted by molar-refractivity contribution is 5.94. The van der Waals surface area contributed by atoms with Gasteiger partial charge in [0.05, 0.1) is 24.3 Å². The molecule has 0 heterocycles. The van der Waals surface area contributed by atoms with Crippen LogP contribution in [0.15, 0.2) is 97.1 Å². The van der Waals surface area contributed by atoms with Crippen LogP contribution in [0, 0.1) is 11.8 Å². The highest BCUT2D eigenvalue weighted by Gasteiger charge is 2.15. The van der Waals surface area contributed by atoms with Crippen LogP contribution >= 0.6 is 0 Å². The van der Waals surface area contributed by atoms with Crippen LogP contribution in [-0.2, 0) is 9.47 Å². The Bertz CT molecular complexity index is 1270. The number of ether oxygens (including phenoxy) is 2. The Kier molecular flexibility index (Phi) is 8.75. The fourth-order valence-electron chi connectivity index (χ4n) is 4.16. The molecule has 0 saturated carbocycles. The Morgan fingerprint density at radius 3 is 1.13 bits per heavy atom. The molecule has 4 nitrogen and oxygen atoms in total. The van der Waals surface area contributed by atoms with E-state index in [2.05, 4.69) is 24.3 Å². The minimum atomic E-state index is -0.305. The van der Waals surface area contributed by atoms with E-state index in [0.717, 1.165) is 33.4 Å². The maximum atomic E-state index is 12.4. The largest absolute Gasteiger partial charge is 0.462 e. The maximum Gasteiger partial charge on any atom is 0.338 e. The topological polar surface area (TPSA) is 52.6 Å². The molecule has 4 heteroatoms. The second-order valence-corrected chi connectivity index (χ2v) is 10.2. The molecule has 0 atom stereocenters. The molecule has 0 saturated heterocycles. The molecule has 0 bridgehead atoms. The lowest BCUT2D eigenvalue weighted by atomic mass is 9.89. The van der Waals surface area contributed by atoms with E-state index in [-0.39, 0.29) is 11.9 Å². The number of carbonyl (C=O) groups is 2. The zero-order valence-electron chi connectivity index (χ0n) is 22.4. The summed E-state index contributed by atoms with van der Waals surface area (Å²) in [6, 6.07) is 31.6. The number of benzene rings is 4. The molecular weight excluding hydrogens is 472 g/mol. The molecule has 0 fully saturated rings. The van der Waals surface area contributed by atoms with E-state index < -0.39 is 0 Å². The first-order chi connectivity index (χ1) is 18.3. The van der Waals surface area contributed by atoms with Crippen LogP contribution in [0.4, 0.5) is 0 Å². The van der Waals surface area contributed by atoms with Crippen molar-refractivity contribution >= 4 is 11.9 Å². The molecule has 0 aliphatic carbocycles. The predicted molar refractivity (Wildman–Crippen MR) is 153 cm³/mol. The Hall–Kier alpha value is -4.18. The van der Waals surface area contributed by atoms with Gasteiger partial charge in [-0.1, -0.05) is 100 Å². The van der Waals surface area contributed by atoms with Gasteiger partial charge in [-0.3, -0.25) is 0 Å². The third-order valence-corrected chi connectivity index (χ3v) is 6.10. The molecule has 4 aromatic rings. The minimum absolute atomic E-state index is 0.292. The number of hydrogen-bond acceptors (Lipinski definition) is 4. The van der Waals surface area contributed by atoms with Crippen LogP contribution in [0.1, 0.15) is 48.4 Å². The summed E-state index contributed by atoms with van der Waals surface area (Å²) in [7, 11) is 0. The van der Waals surface area contributed by atoms with Crippen molar-refractivity contribution in [2.45, 2.75) is 27.7 Å². The lowest BCUT2D eigenvalue weighted by Crippen LogP contribution is -2.10. The van der Waals surface area contributed by atoms with E-state index in [0.29, 0.717) is 36.2 Å². The van der Waals surface area contributed by atoms with Gasteiger partial charge >= 0.3 is 11.9 Å². The summed E-state index contributed by atoms with van der Waals surface area (Å²) in [5, 5.41) is 0. The van der Waals surface area contributed by atoms with Gasteiger partial charge in [-0.05, 0) is 69.5 Å². The average Bonchev–Trinajstić information content (AvgIpc) is 2.94. The maximum absolute atomic E-state index is 12.4. The monoisotopic (exact) mass is 506 g/mol. The smallest absolute Gasteiger partial charge is 0.338 e. The summed E-state index contributed by atoms with van der Waals surface area (Å²) in [6.45, 7) is 8.87. The fourth-order valence-corrected chi connectivity index (χ4v) is 4.16. The molecule has 4 aromatic carbocycles. The van der Waals surface area contributed by atoms with Gasteiger partial charge in [0, 0.05) is 0 Å². The molecule has 0 aliphatic rings. The quantitative estimate of drug-likeness (QED) is 0.214. The average molecular weight is 507 g/mol. The normalized spacial score (nSPS) is 11.0. The molecule has 194 valence electrons. The molecule has 0 unspecified atom stereocenters. The van der Waals surface area contributed by atoms with Crippen LogP contribution in [0.5, 0.6) is 0 Å². The molecule has 0 radical (unpaired) electrons. The number of esters is 2. The molecular formula is C34H34O4. The van der Waals surface area contributed by atoms with Crippen molar-refractivity contribution in [3.8, 4) is 33.4 Å². The van der Waals surface area contributed by atoms with Crippen LogP contribution in [-0.4, -0.2) is 25.2 Å². The summed E-state index contributed by atoms with van der Waals surface area (Å²) in [4.78, 5) is 24.7. The zero-order chi connectivity index (χ0) is 27.1. The van der Waals surface area contributed by atoms with Crippen LogP contribution in [0.25, 0.3) is 33.4 Å². The first kappa shape index (κ1) is 26.9.